The molecule has 0 radical (unpaired) electrons. The van der Waals surface area contributed by atoms with Crippen LogP contribution in [0.5, 0.6) is 0 Å². The molecule has 4 aliphatic rings. The third kappa shape index (κ3) is 4.62. The molecule has 1 unspecified atom stereocenters. The molecule has 10 heteroatoms. The van der Waals surface area contributed by atoms with Crippen molar-refractivity contribution in [2.75, 3.05) is 45.8 Å². The van der Waals surface area contributed by atoms with Gasteiger partial charge in [0, 0.05) is 63.4 Å². The molecule has 3 saturated heterocycles. The van der Waals surface area contributed by atoms with Crippen molar-refractivity contribution in [3.63, 3.8) is 0 Å². The lowest BCUT2D eigenvalue weighted by molar-refractivity contribution is -0.135. The number of fused-ring (bicyclic) bond motifs is 1. The Morgan fingerprint density at radius 2 is 1.56 bits per heavy atom. The summed E-state index contributed by atoms with van der Waals surface area (Å²) in [7, 11) is 0. The first kappa shape index (κ1) is 23.8. The molecule has 1 saturated carbocycles. The number of nitrogens with zero attached hydrogens (tertiary/aromatic N) is 4. The molecule has 2 aromatic rings. The van der Waals surface area contributed by atoms with Crippen molar-refractivity contribution in [1.29, 1.82) is 0 Å². The van der Waals surface area contributed by atoms with Crippen LogP contribution in [-0.2, 0) is 16.1 Å². The Kier molecular flexibility index (Phi) is 6.43. The minimum atomic E-state index is -0.795. The maximum atomic E-state index is 15.4. The van der Waals surface area contributed by atoms with E-state index < -0.39 is 11.9 Å². The van der Waals surface area contributed by atoms with Gasteiger partial charge < -0.3 is 10.2 Å². The van der Waals surface area contributed by atoms with Crippen LogP contribution in [-0.4, -0.2) is 76.6 Å². The fourth-order valence-corrected chi connectivity index (χ4v) is 6.14. The highest BCUT2D eigenvalue weighted by molar-refractivity contribution is 6.00. The monoisotopic (exact) mass is 498 g/mol. The number of carbonyl (C=O) groups is 2. The van der Waals surface area contributed by atoms with Gasteiger partial charge in [0.15, 0.2) is 0 Å². The predicted molar refractivity (Wildman–Crippen MR) is 133 cm³/mol. The van der Waals surface area contributed by atoms with Crippen molar-refractivity contribution in [1.82, 2.24) is 29.6 Å². The van der Waals surface area contributed by atoms with Crippen LogP contribution < -0.4 is 16.3 Å². The fourth-order valence-electron chi connectivity index (χ4n) is 6.14. The summed E-state index contributed by atoms with van der Waals surface area (Å²) in [5, 5.41) is 5.76. The van der Waals surface area contributed by atoms with Crippen molar-refractivity contribution in [3.8, 4) is 0 Å². The van der Waals surface area contributed by atoms with E-state index in [4.69, 9.17) is 0 Å². The molecule has 0 bridgehead atoms. The average molecular weight is 499 g/mol. The Morgan fingerprint density at radius 1 is 0.861 bits per heavy atom. The van der Waals surface area contributed by atoms with Crippen molar-refractivity contribution in [3.05, 3.63) is 34.0 Å². The molecule has 1 aromatic heterocycles. The van der Waals surface area contributed by atoms with Gasteiger partial charge in [-0.05, 0) is 57.2 Å². The number of hydrogen-bond donors (Lipinski definition) is 2. The highest BCUT2D eigenvalue weighted by Gasteiger charge is 2.35. The van der Waals surface area contributed by atoms with Crippen LogP contribution in [0.2, 0.25) is 0 Å². The largest absolute Gasteiger partial charge is 0.330 e. The third-order valence-corrected chi connectivity index (χ3v) is 8.34. The maximum Gasteiger partial charge on any atom is 0.330 e. The van der Waals surface area contributed by atoms with E-state index in [1.807, 2.05) is 6.07 Å². The average Bonchev–Trinajstić information content (AvgIpc) is 3.66. The van der Waals surface area contributed by atoms with Gasteiger partial charge in [-0.1, -0.05) is 0 Å². The Morgan fingerprint density at radius 3 is 2.25 bits per heavy atom. The molecular formula is C26H35FN6O3. The first-order valence-electron chi connectivity index (χ1n) is 13.4. The number of aromatic nitrogens is 2. The van der Waals surface area contributed by atoms with Crippen LogP contribution in [0.3, 0.4) is 0 Å². The van der Waals surface area contributed by atoms with Crippen LogP contribution in [0.1, 0.15) is 56.2 Å². The van der Waals surface area contributed by atoms with Gasteiger partial charge in [-0.3, -0.25) is 28.9 Å². The lowest BCUT2D eigenvalue weighted by atomic mass is 9.97. The van der Waals surface area contributed by atoms with E-state index in [0.29, 0.717) is 23.1 Å². The van der Waals surface area contributed by atoms with E-state index in [1.54, 1.807) is 4.57 Å². The van der Waals surface area contributed by atoms with Gasteiger partial charge in [0.1, 0.15) is 11.9 Å². The Labute approximate surface area is 209 Å². The Hall–Kier alpha value is -2.56. The summed E-state index contributed by atoms with van der Waals surface area (Å²) in [6, 6.07) is 2.53. The fraction of sp³-hybridized carbons (Fsp3) is 0.654. The summed E-state index contributed by atoms with van der Waals surface area (Å²) in [6.07, 6.45) is 4.71. The molecule has 0 spiro atoms. The minimum Gasteiger partial charge on any atom is -0.317 e. The number of benzene rings is 1. The molecule has 3 aliphatic heterocycles. The summed E-state index contributed by atoms with van der Waals surface area (Å²) in [6.45, 7) is 7.67. The molecule has 36 heavy (non-hydrogen) atoms. The predicted octanol–water partition coefficient (Wildman–Crippen LogP) is 1.37. The van der Waals surface area contributed by atoms with E-state index in [2.05, 4.69) is 20.4 Å². The van der Waals surface area contributed by atoms with Gasteiger partial charge in [0.25, 0.3) is 0 Å². The summed E-state index contributed by atoms with van der Waals surface area (Å²) in [4.78, 5) is 42.4. The lowest BCUT2D eigenvalue weighted by Crippen LogP contribution is -2.48. The number of rotatable bonds is 6. The number of nitrogens with one attached hydrogen (secondary N) is 2. The van der Waals surface area contributed by atoms with E-state index in [0.717, 1.165) is 64.6 Å². The smallest absolute Gasteiger partial charge is 0.317 e. The van der Waals surface area contributed by atoms with Crippen LogP contribution in [0, 0.1) is 11.7 Å². The zero-order chi connectivity index (χ0) is 24.8. The maximum absolute atomic E-state index is 15.4. The number of amides is 2. The van der Waals surface area contributed by atoms with Gasteiger partial charge in [0.2, 0.25) is 11.8 Å². The zero-order valence-corrected chi connectivity index (χ0v) is 20.7. The highest BCUT2D eigenvalue weighted by Crippen LogP contribution is 2.37. The molecule has 2 amide bonds. The minimum absolute atomic E-state index is 0.0892. The topological polar surface area (TPSA) is 91.6 Å². The summed E-state index contributed by atoms with van der Waals surface area (Å²) in [5.41, 5.74) is 1.43. The standard InChI is InChI=1S/C26H35FN6O3/c27-20-14-23-22(32(19-1-2-19)26(36)33(23)21-3-4-24(34)29-25(21)35)13-18(20)16-31-11-9-30(10-12-31)15-17-5-7-28-8-6-17/h13-14,17,19,21,28H,1-12,15-16H2,(H,29,34,35). The number of imide groups is 1. The number of piperidine rings is 2. The third-order valence-electron chi connectivity index (χ3n) is 8.34. The molecule has 6 rings (SSSR count). The van der Waals surface area contributed by atoms with Crippen molar-refractivity contribution >= 4 is 22.8 Å². The molecule has 4 heterocycles. The van der Waals surface area contributed by atoms with Crippen LogP contribution >= 0.6 is 0 Å². The van der Waals surface area contributed by atoms with Crippen LogP contribution in [0.25, 0.3) is 11.0 Å². The van der Waals surface area contributed by atoms with Gasteiger partial charge in [-0.25, -0.2) is 9.18 Å². The molecule has 194 valence electrons. The Balaban J connectivity index is 1.22. The van der Waals surface area contributed by atoms with E-state index in [1.165, 1.54) is 23.5 Å². The molecule has 9 nitrogen and oxygen atoms in total. The van der Waals surface area contributed by atoms with Crippen LogP contribution in [0.15, 0.2) is 16.9 Å². The van der Waals surface area contributed by atoms with Crippen molar-refractivity contribution in [2.24, 2.45) is 5.92 Å². The summed E-state index contributed by atoms with van der Waals surface area (Å²) >= 11 is 0. The second kappa shape index (κ2) is 9.72. The second-order valence-electron chi connectivity index (χ2n) is 10.9. The molecular weight excluding hydrogens is 463 g/mol. The lowest BCUT2D eigenvalue weighted by Gasteiger charge is -2.37. The molecule has 4 fully saturated rings. The molecule has 1 aromatic carbocycles. The number of carbonyl (C=O) groups excluding carboxylic acids is 2. The number of imidazole rings is 1. The van der Waals surface area contributed by atoms with Crippen molar-refractivity contribution in [2.45, 2.75) is 57.2 Å². The number of piperazine rings is 1. The van der Waals surface area contributed by atoms with Gasteiger partial charge >= 0.3 is 5.69 Å². The number of hydrogen-bond acceptors (Lipinski definition) is 6. The quantitative estimate of drug-likeness (QED) is 0.585. The van der Waals surface area contributed by atoms with Crippen molar-refractivity contribution < 1.29 is 14.0 Å². The zero-order valence-electron chi connectivity index (χ0n) is 20.7. The SMILES string of the molecule is O=C1CCC(n2c(=O)n(C3CC3)c3cc(CN4CCN(CC5CCNCC5)CC4)c(F)cc32)C(=O)N1. The summed E-state index contributed by atoms with van der Waals surface area (Å²) < 4.78 is 18.5. The van der Waals surface area contributed by atoms with Gasteiger partial charge in [-0.15, -0.1) is 0 Å². The van der Waals surface area contributed by atoms with Crippen LogP contribution in [0.4, 0.5) is 4.39 Å². The normalized spacial score (nSPS) is 25.0. The van der Waals surface area contributed by atoms with E-state index in [9.17, 15) is 14.4 Å². The summed E-state index contributed by atoms with van der Waals surface area (Å²) in [5.74, 6) is -0.409. The first-order valence-corrected chi connectivity index (χ1v) is 13.4. The molecule has 2 N–H and O–H groups in total. The molecule has 1 atom stereocenters. The second-order valence-corrected chi connectivity index (χ2v) is 10.9. The number of halogens is 1. The van der Waals surface area contributed by atoms with E-state index >= 15 is 4.39 Å². The first-order chi connectivity index (χ1) is 17.5. The Bertz CT molecular complexity index is 1220. The van der Waals surface area contributed by atoms with Gasteiger partial charge in [0.05, 0.1) is 11.0 Å². The van der Waals surface area contributed by atoms with E-state index in [-0.39, 0.29) is 36.3 Å². The highest BCUT2D eigenvalue weighted by atomic mass is 19.1. The molecule has 1 aliphatic carbocycles. The van der Waals surface area contributed by atoms with Gasteiger partial charge in [-0.2, -0.15) is 0 Å².